The van der Waals surface area contributed by atoms with Crippen molar-refractivity contribution in [3.05, 3.63) is 28.7 Å². The second kappa shape index (κ2) is 6.33. The summed E-state index contributed by atoms with van der Waals surface area (Å²) >= 11 is 4.22. The Morgan fingerprint density at radius 2 is 2.17 bits per heavy atom. The minimum Gasteiger partial charge on any atom is -0.409 e. The normalized spacial score (nSPS) is 14.6. The van der Waals surface area contributed by atoms with E-state index in [1.165, 1.54) is 0 Å². The van der Waals surface area contributed by atoms with Gasteiger partial charge in [-0.2, -0.15) is 13.2 Å². The lowest BCUT2D eigenvalue weighted by Crippen LogP contribution is -2.37. The van der Waals surface area contributed by atoms with Crippen molar-refractivity contribution in [2.45, 2.75) is 11.1 Å². The SMILES string of the molecule is N/C(=N/O)C(CSc1cccc(Br)c1)C(F)(F)F. The van der Waals surface area contributed by atoms with Crippen LogP contribution in [0.2, 0.25) is 0 Å². The van der Waals surface area contributed by atoms with Crippen LogP contribution in [0.15, 0.2) is 38.8 Å². The van der Waals surface area contributed by atoms with Gasteiger partial charge in [0.05, 0.1) is 0 Å². The minimum atomic E-state index is -4.53. The predicted molar refractivity (Wildman–Crippen MR) is 67.8 cm³/mol. The van der Waals surface area contributed by atoms with Gasteiger partial charge in [-0.1, -0.05) is 27.2 Å². The van der Waals surface area contributed by atoms with Crippen molar-refractivity contribution in [2.24, 2.45) is 16.8 Å². The van der Waals surface area contributed by atoms with Gasteiger partial charge in [-0.3, -0.25) is 0 Å². The largest absolute Gasteiger partial charge is 0.409 e. The zero-order chi connectivity index (χ0) is 13.8. The average molecular weight is 343 g/mol. The third-order valence-electron chi connectivity index (χ3n) is 2.08. The first-order valence-electron chi connectivity index (χ1n) is 4.77. The van der Waals surface area contributed by atoms with Gasteiger partial charge < -0.3 is 10.9 Å². The first-order chi connectivity index (χ1) is 8.34. The van der Waals surface area contributed by atoms with E-state index in [1.807, 2.05) is 0 Å². The lowest BCUT2D eigenvalue weighted by atomic mass is 10.1. The summed E-state index contributed by atoms with van der Waals surface area (Å²) in [6.45, 7) is 0. The summed E-state index contributed by atoms with van der Waals surface area (Å²) in [5.41, 5.74) is 5.05. The van der Waals surface area contributed by atoms with Crippen LogP contribution in [0.4, 0.5) is 13.2 Å². The Kier molecular flexibility index (Phi) is 5.33. The molecule has 0 bridgehead atoms. The highest BCUT2D eigenvalue weighted by atomic mass is 79.9. The topological polar surface area (TPSA) is 58.6 Å². The van der Waals surface area contributed by atoms with Gasteiger partial charge >= 0.3 is 6.18 Å². The molecular formula is C10H10BrF3N2OS. The number of nitrogens with two attached hydrogens (primary N) is 1. The van der Waals surface area contributed by atoms with Gasteiger partial charge in [-0.25, -0.2) is 0 Å². The fourth-order valence-electron chi connectivity index (χ4n) is 1.15. The monoisotopic (exact) mass is 342 g/mol. The molecule has 0 aliphatic rings. The molecule has 3 nitrogen and oxygen atoms in total. The van der Waals surface area contributed by atoms with Crippen molar-refractivity contribution >= 4 is 33.5 Å². The minimum absolute atomic E-state index is 0.337. The fraction of sp³-hybridized carbons (Fsp3) is 0.300. The van der Waals surface area contributed by atoms with E-state index >= 15 is 0 Å². The number of oxime groups is 1. The molecule has 1 rings (SSSR count). The Hall–Kier alpha value is -0.890. The summed E-state index contributed by atoms with van der Waals surface area (Å²) in [6.07, 6.45) is -4.53. The Balaban J connectivity index is 2.75. The summed E-state index contributed by atoms with van der Waals surface area (Å²) in [7, 11) is 0. The first-order valence-corrected chi connectivity index (χ1v) is 6.55. The van der Waals surface area contributed by atoms with E-state index in [0.29, 0.717) is 4.90 Å². The maximum absolute atomic E-state index is 12.6. The van der Waals surface area contributed by atoms with Gasteiger partial charge in [0.15, 0.2) is 5.84 Å². The molecule has 0 fully saturated rings. The Morgan fingerprint density at radius 3 is 2.67 bits per heavy atom. The molecule has 0 aromatic heterocycles. The Morgan fingerprint density at radius 1 is 1.50 bits per heavy atom. The van der Waals surface area contributed by atoms with Crippen LogP contribution >= 0.6 is 27.7 Å². The summed E-state index contributed by atoms with van der Waals surface area (Å²) in [5, 5.41) is 10.8. The lowest BCUT2D eigenvalue weighted by Gasteiger charge is -2.18. The molecule has 0 spiro atoms. The molecule has 0 saturated carbocycles. The molecule has 1 aromatic rings. The highest BCUT2D eigenvalue weighted by Gasteiger charge is 2.42. The van der Waals surface area contributed by atoms with E-state index in [2.05, 4.69) is 21.1 Å². The van der Waals surface area contributed by atoms with E-state index in [1.54, 1.807) is 24.3 Å². The van der Waals surface area contributed by atoms with E-state index in [9.17, 15) is 13.2 Å². The van der Waals surface area contributed by atoms with Crippen LogP contribution in [0, 0.1) is 5.92 Å². The third kappa shape index (κ3) is 4.41. The molecular weight excluding hydrogens is 333 g/mol. The van der Waals surface area contributed by atoms with Crippen LogP contribution in [0.25, 0.3) is 0 Å². The van der Waals surface area contributed by atoms with E-state index in [-0.39, 0.29) is 5.75 Å². The van der Waals surface area contributed by atoms with E-state index in [0.717, 1.165) is 16.2 Å². The highest BCUT2D eigenvalue weighted by molar-refractivity contribution is 9.10. The number of amidine groups is 1. The van der Waals surface area contributed by atoms with Crippen molar-refractivity contribution in [3.63, 3.8) is 0 Å². The van der Waals surface area contributed by atoms with Gasteiger partial charge in [-0.05, 0) is 18.2 Å². The molecule has 18 heavy (non-hydrogen) atoms. The van der Waals surface area contributed by atoms with E-state index < -0.39 is 17.9 Å². The molecule has 0 radical (unpaired) electrons. The van der Waals surface area contributed by atoms with Gasteiger partial charge in [0.25, 0.3) is 0 Å². The summed E-state index contributed by atoms with van der Waals surface area (Å²) in [5.74, 6) is -3.13. The van der Waals surface area contributed by atoms with Crippen molar-refractivity contribution in [3.8, 4) is 0 Å². The highest BCUT2D eigenvalue weighted by Crippen LogP contribution is 2.32. The van der Waals surface area contributed by atoms with Gasteiger partial charge in [0, 0.05) is 15.1 Å². The number of benzene rings is 1. The standard InChI is InChI=1S/C10H10BrF3N2OS/c11-6-2-1-3-7(4-6)18-5-8(9(15)16-17)10(12,13)14/h1-4,8,17H,5H2,(H2,15,16). The van der Waals surface area contributed by atoms with Crippen molar-refractivity contribution in [1.29, 1.82) is 0 Å². The van der Waals surface area contributed by atoms with Gasteiger partial charge in [-0.15, -0.1) is 11.8 Å². The summed E-state index contributed by atoms with van der Waals surface area (Å²) < 4.78 is 38.7. The van der Waals surface area contributed by atoms with Crippen molar-refractivity contribution in [1.82, 2.24) is 0 Å². The quantitative estimate of drug-likeness (QED) is 0.289. The van der Waals surface area contributed by atoms with Gasteiger partial charge in [0.2, 0.25) is 0 Å². The van der Waals surface area contributed by atoms with Crippen LogP contribution in [-0.4, -0.2) is 23.0 Å². The molecule has 1 unspecified atom stereocenters. The predicted octanol–water partition coefficient (Wildman–Crippen LogP) is 3.47. The van der Waals surface area contributed by atoms with Crippen LogP contribution in [0.5, 0.6) is 0 Å². The Bertz CT molecular complexity index is 439. The molecule has 0 amide bonds. The zero-order valence-corrected chi connectivity index (χ0v) is 11.4. The lowest BCUT2D eigenvalue weighted by molar-refractivity contribution is -0.150. The summed E-state index contributed by atoms with van der Waals surface area (Å²) in [6, 6.07) is 6.88. The number of thioether (sulfide) groups is 1. The average Bonchev–Trinajstić information content (AvgIpc) is 2.27. The number of hydrogen-bond acceptors (Lipinski definition) is 3. The molecule has 0 heterocycles. The van der Waals surface area contributed by atoms with Crippen molar-refractivity contribution in [2.75, 3.05) is 5.75 Å². The van der Waals surface area contributed by atoms with Gasteiger partial charge in [0.1, 0.15) is 5.92 Å². The van der Waals surface area contributed by atoms with Crippen LogP contribution in [0.3, 0.4) is 0 Å². The molecule has 1 aromatic carbocycles. The Labute approximate surface area is 114 Å². The molecule has 0 aliphatic heterocycles. The summed E-state index contributed by atoms with van der Waals surface area (Å²) in [4.78, 5) is 0.671. The third-order valence-corrected chi connectivity index (χ3v) is 3.66. The smallest absolute Gasteiger partial charge is 0.399 e. The van der Waals surface area contributed by atoms with Crippen LogP contribution in [-0.2, 0) is 0 Å². The second-order valence-electron chi connectivity index (χ2n) is 3.39. The number of halogens is 4. The van der Waals surface area contributed by atoms with Crippen LogP contribution < -0.4 is 5.73 Å². The van der Waals surface area contributed by atoms with Crippen molar-refractivity contribution < 1.29 is 18.4 Å². The molecule has 1 atom stereocenters. The number of nitrogens with zero attached hydrogens (tertiary/aromatic N) is 1. The number of rotatable bonds is 4. The second-order valence-corrected chi connectivity index (χ2v) is 5.40. The molecule has 0 aliphatic carbocycles. The fourth-order valence-corrected chi connectivity index (χ4v) is 2.81. The molecule has 3 N–H and O–H groups in total. The maximum atomic E-state index is 12.6. The number of hydrogen-bond donors (Lipinski definition) is 2. The molecule has 0 saturated heterocycles. The maximum Gasteiger partial charge on any atom is 0.399 e. The zero-order valence-electron chi connectivity index (χ0n) is 8.99. The molecule has 100 valence electrons. The number of alkyl halides is 3. The first kappa shape index (κ1) is 15.2. The van der Waals surface area contributed by atoms with E-state index in [4.69, 9.17) is 10.9 Å². The molecule has 8 heteroatoms. The van der Waals surface area contributed by atoms with Crippen LogP contribution in [0.1, 0.15) is 0 Å².